The van der Waals surface area contributed by atoms with Gasteiger partial charge in [-0.05, 0) is 30.3 Å². The molecular formula is C14H13N3O4. The number of phenolic OH excluding ortho intramolecular Hbond substituents is 1. The molecule has 0 aliphatic carbocycles. The first-order chi connectivity index (χ1) is 9.97. The summed E-state index contributed by atoms with van der Waals surface area (Å²) in [6.45, 7) is 0. The number of benzene rings is 2. The summed E-state index contributed by atoms with van der Waals surface area (Å²) in [6.07, 6.45) is 0. The topological polar surface area (TPSA) is 125 Å². The summed E-state index contributed by atoms with van der Waals surface area (Å²) in [4.78, 5) is 22.9. The lowest BCUT2D eigenvalue weighted by molar-refractivity contribution is 0.0697. The summed E-state index contributed by atoms with van der Waals surface area (Å²) in [7, 11) is 0. The Hall–Kier alpha value is -3.22. The number of anilines is 3. The van der Waals surface area contributed by atoms with Crippen molar-refractivity contribution in [3.05, 3.63) is 48.0 Å². The van der Waals surface area contributed by atoms with Crippen LogP contribution in [0.1, 0.15) is 10.4 Å². The highest BCUT2D eigenvalue weighted by Gasteiger charge is 2.13. The van der Waals surface area contributed by atoms with Crippen molar-refractivity contribution in [2.45, 2.75) is 0 Å². The number of carboxylic acid groups (broad SMARTS) is 1. The number of carbonyl (C=O) groups excluding carboxylic acids is 1. The molecule has 0 aliphatic rings. The Morgan fingerprint density at radius 2 is 1.67 bits per heavy atom. The van der Waals surface area contributed by atoms with Crippen LogP contribution >= 0.6 is 0 Å². The predicted octanol–water partition coefficient (Wildman–Crippen LogP) is 2.32. The maximum absolute atomic E-state index is 11.9. The van der Waals surface area contributed by atoms with Gasteiger partial charge in [0.25, 0.3) is 0 Å². The minimum Gasteiger partial charge on any atom is -0.508 e. The maximum Gasteiger partial charge on any atom is 0.337 e. The largest absolute Gasteiger partial charge is 0.508 e. The van der Waals surface area contributed by atoms with E-state index in [1.54, 1.807) is 24.3 Å². The highest BCUT2D eigenvalue weighted by molar-refractivity contribution is 6.05. The van der Waals surface area contributed by atoms with Gasteiger partial charge < -0.3 is 26.6 Å². The average Bonchev–Trinajstić information content (AvgIpc) is 2.43. The number of nitrogens with one attached hydrogen (secondary N) is 2. The Kier molecular flexibility index (Phi) is 3.94. The Bertz CT molecular complexity index is 700. The quantitative estimate of drug-likeness (QED) is 0.437. The van der Waals surface area contributed by atoms with Crippen LogP contribution in [-0.2, 0) is 0 Å². The van der Waals surface area contributed by atoms with Crippen LogP contribution in [0.3, 0.4) is 0 Å². The molecule has 21 heavy (non-hydrogen) atoms. The summed E-state index contributed by atoms with van der Waals surface area (Å²) >= 11 is 0. The Balaban J connectivity index is 2.17. The number of hydrogen-bond donors (Lipinski definition) is 5. The van der Waals surface area contributed by atoms with Crippen LogP contribution in [0.15, 0.2) is 42.5 Å². The van der Waals surface area contributed by atoms with Crippen molar-refractivity contribution in [2.24, 2.45) is 0 Å². The number of rotatable bonds is 3. The first-order valence-corrected chi connectivity index (χ1v) is 5.96. The molecule has 0 aliphatic heterocycles. The summed E-state index contributed by atoms with van der Waals surface area (Å²) in [6, 6.07) is 9.65. The molecule has 108 valence electrons. The minimum atomic E-state index is -1.26. The molecule has 0 unspecified atom stereocenters. The highest BCUT2D eigenvalue weighted by Crippen LogP contribution is 2.22. The second-order valence-corrected chi connectivity index (χ2v) is 4.20. The molecule has 0 atom stereocenters. The van der Waals surface area contributed by atoms with E-state index < -0.39 is 12.0 Å². The van der Waals surface area contributed by atoms with Gasteiger partial charge >= 0.3 is 12.0 Å². The molecule has 0 saturated heterocycles. The number of aromatic carboxylic acids is 1. The summed E-state index contributed by atoms with van der Waals surface area (Å²) < 4.78 is 0. The molecule has 7 heteroatoms. The Labute approximate surface area is 120 Å². The van der Waals surface area contributed by atoms with Gasteiger partial charge in [0.2, 0.25) is 0 Å². The molecule has 2 rings (SSSR count). The number of hydrogen-bond acceptors (Lipinski definition) is 4. The number of amides is 2. The molecule has 0 radical (unpaired) electrons. The number of phenols is 1. The summed E-state index contributed by atoms with van der Waals surface area (Å²) in [5.41, 5.74) is 6.33. The zero-order valence-corrected chi connectivity index (χ0v) is 10.8. The van der Waals surface area contributed by atoms with E-state index in [-0.39, 0.29) is 17.0 Å². The van der Waals surface area contributed by atoms with Crippen LogP contribution in [0.5, 0.6) is 5.75 Å². The van der Waals surface area contributed by atoms with Gasteiger partial charge in [0.05, 0.1) is 22.6 Å². The van der Waals surface area contributed by atoms with Crippen molar-refractivity contribution < 1.29 is 19.8 Å². The van der Waals surface area contributed by atoms with Gasteiger partial charge in [-0.15, -0.1) is 0 Å². The predicted molar refractivity (Wildman–Crippen MR) is 78.6 cm³/mol. The van der Waals surface area contributed by atoms with E-state index >= 15 is 0 Å². The van der Waals surface area contributed by atoms with Gasteiger partial charge in [0.15, 0.2) is 0 Å². The fourth-order valence-electron chi connectivity index (χ4n) is 1.70. The van der Waals surface area contributed by atoms with Crippen molar-refractivity contribution in [2.75, 3.05) is 16.4 Å². The molecule has 0 aromatic heterocycles. The molecule has 2 amide bonds. The molecule has 0 fully saturated rings. The van der Waals surface area contributed by atoms with Gasteiger partial charge in [0, 0.05) is 0 Å². The van der Waals surface area contributed by atoms with Crippen molar-refractivity contribution in [1.29, 1.82) is 0 Å². The van der Waals surface area contributed by atoms with Crippen LogP contribution < -0.4 is 16.4 Å². The zero-order valence-electron chi connectivity index (χ0n) is 10.8. The lowest BCUT2D eigenvalue weighted by Crippen LogP contribution is -2.21. The second kappa shape index (κ2) is 5.83. The van der Waals surface area contributed by atoms with Gasteiger partial charge in [-0.2, -0.15) is 0 Å². The lowest BCUT2D eigenvalue weighted by Gasteiger charge is -2.11. The van der Waals surface area contributed by atoms with E-state index in [1.807, 2.05) is 0 Å². The number of urea groups is 1. The van der Waals surface area contributed by atoms with E-state index in [4.69, 9.17) is 10.8 Å². The highest BCUT2D eigenvalue weighted by atomic mass is 16.4. The number of aromatic hydroxyl groups is 1. The van der Waals surface area contributed by atoms with E-state index in [2.05, 4.69) is 10.6 Å². The van der Waals surface area contributed by atoms with Crippen LogP contribution in [-0.4, -0.2) is 22.2 Å². The summed E-state index contributed by atoms with van der Waals surface area (Å²) in [5.74, 6) is -1.47. The van der Waals surface area contributed by atoms with Crippen molar-refractivity contribution in [3.63, 3.8) is 0 Å². The fourth-order valence-corrected chi connectivity index (χ4v) is 1.70. The van der Waals surface area contributed by atoms with Crippen molar-refractivity contribution >= 4 is 29.1 Å². The average molecular weight is 287 g/mol. The van der Waals surface area contributed by atoms with Crippen molar-refractivity contribution in [1.82, 2.24) is 0 Å². The van der Waals surface area contributed by atoms with Gasteiger partial charge in [-0.1, -0.05) is 12.1 Å². The molecular weight excluding hydrogens is 274 g/mol. The van der Waals surface area contributed by atoms with Crippen LogP contribution in [0.2, 0.25) is 0 Å². The third-order valence-corrected chi connectivity index (χ3v) is 2.69. The molecule has 6 N–H and O–H groups in total. The van der Waals surface area contributed by atoms with Gasteiger partial charge in [0.1, 0.15) is 5.75 Å². The van der Waals surface area contributed by atoms with E-state index in [0.717, 1.165) is 6.07 Å². The third kappa shape index (κ3) is 3.41. The first kappa shape index (κ1) is 14.2. The molecule has 0 spiro atoms. The fraction of sp³-hybridized carbons (Fsp3) is 0. The smallest absolute Gasteiger partial charge is 0.337 e. The lowest BCUT2D eigenvalue weighted by atomic mass is 10.1. The number of carboxylic acids is 1. The number of nitrogen functional groups attached to an aromatic ring is 1. The van der Waals surface area contributed by atoms with Crippen LogP contribution in [0.25, 0.3) is 0 Å². The second-order valence-electron chi connectivity index (χ2n) is 4.20. The molecule has 0 saturated carbocycles. The minimum absolute atomic E-state index is 0.0623. The maximum atomic E-state index is 11.9. The Morgan fingerprint density at radius 1 is 1.00 bits per heavy atom. The van der Waals surface area contributed by atoms with E-state index in [9.17, 15) is 14.7 Å². The number of nitrogens with two attached hydrogens (primary N) is 1. The number of para-hydroxylation sites is 2. The summed E-state index contributed by atoms with van der Waals surface area (Å²) in [5, 5.41) is 23.2. The molecule has 7 nitrogen and oxygen atoms in total. The van der Waals surface area contributed by atoms with E-state index in [1.165, 1.54) is 12.1 Å². The molecule has 0 heterocycles. The monoisotopic (exact) mass is 287 g/mol. The molecule has 2 aromatic rings. The first-order valence-electron chi connectivity index (χ1n) is 5.96. The van der Waals surface area contributed by atoms with Crippen molar-refractivity contribution in [3.8, 4) is 5.75 Å². The number of carbonyl (C=O) groups is 2. The zero-order chi connectivity index (χ0) is 15.4. The van der Waals surface area contributed by atoms with Gasteiger partial charge in [-0.3, -0.25) is 0 Å². The third-order valence-electron chi connectivity index (χ3n) is 2.69. The molecule has 2 aromatic carbocycles. The SMILES string of the molecule is Nc1ccccc1NC(=O)Nc1ccc(O)cc1C(=O)O. The van der Waals surface area contributed by atoms with Gasteiger partial charge in [-0.25, -0.2) is 9.59 Å². The Morgan fingerprint density at radius 3 is 2.33 bits per heavy atom. The molecule has 0 bridgehead atoms. The van der Waals surface area contributed by atoms with Crippen LogP contribution in [0, 0.1) is 0 Å². The van der Waals surface area contributed by atoms with Crippen LogP contribution in [0.4, 0.5) is 21.9 Å². The standard InChI is InChI=1S/C14H13N3O4/c15-10-3-1-2-4-12(10)17-14(21)16-11-6-5-8(18)7-9(11)13(19)20/h1-7,18H,15H2,(H,19,20)(H2,16,17,21). The van der Waals surface area contributed by atoms with E-state index in [0.29, 0.717) is 11.4 Å². The normalized spacial score (nSPS) is 9.90.